The van der Waals surface area contributed by atoms with Gasteiger partial charge in [0.05, 0.1) is 11.8 Å². The minimum atomic E-state index is -0.402. The van der Waals surface area contributed by atoms with Gasteiger partial charge in [-0.2, -0.15) is 5.26 Å². The van der Waals surface area contributed by atoms with Crippen molar-refractivity contribution < 1.29 is 9.21 Å². The topological polar surface area (TPSA) is 91.8 Å². The molecule has 0 atom stereocenters. The molecule has 0 bridgehead atoms. The van der Waals surface area contributed by atoms with Crippen LogP contribution in [0.15, 0.2) is 34.6 Å². The first-order valence-electron chi connectivity index (χ1n) is 6.29. The van der Waals surface area contributed by atoms with Gasteiger partial charge in [-0.1, -0.05) is 0 Å². The van der Waals surface area contributed by atoms with E-state index in [1.54, 1.807) is 6.92 Å². The number of aryl methyl sites for hydroxylation is 3. The molecule has 0 radical (unpaired) electrons. The lowest BCUT2D eigenvalue weighted by Gasteiger charge is -2.03. The number of furan rings is 1. The SMILES string of the molecule is Cc1cc(C)nc(N/C=C(/C#N)C(=O)c2ccoc2C)n1. The number of nitrogens with one attached hydrogen (secondary N) is 1. The summed E-state index contributed by atoms with van der Waals surface area (Å²) in [6.07, 6.45) is 2.72. The number of nitrogens with zero attached hydrogens (tertiary/aromatic N) is 3. The van der Waals surface area contributed by atoms with Gasteiger partial charge in [-0.15, -0.1) is 0 Å². The van der Waals surface area contributed by atoms with Crippen LogP contribution >= 0.6 is 0 Å². The van der Waals surface area contributed by atoms with Crippen LogP contribution in [0.4, 0.5) is 5.95 Å². The van der Waals surface area contributed by atoms with Gasteiger partial charge in [0, 0.05) is 17.6 Å². The molecule has 1 N–H and O–H groups in total. The van der Waals surface area contributed by atoms with E-state index in [9.17, 15) is 4.79 Å². The van der Waals surface area contributed by atoms with Crippen molar-refractivity contribution >= 4 is 11.7 Å². The highest BCUT2D eigenvalue weighted by Gasteiger charge is 2.16. The molecule has 21 heavy (non-hydrogen) atoms. The molecule has 0 fully saturated rings. The van der Waals surface area contributed by atoms with Crippen LogP contribution in [0, 0.1) is 32.1 Å². The predicted octanol–water partition coefficient (Wildman–Crippen LogP) is 2.70. The Bertz CT molecular complexity index is 733. The van der Waals surface area contributed by atoms with E-state index in [4.69, 9.17) is 9.68 Å². The zero-order valence-corrected chi connectivity index (χ0v) is 12.0. The first kappa shape index (κ1) is 14.5. The number of carbonyl (C=O) groups is 1. The van der Waals surface area contributed by atoms with Gasteiger partial charge in [-0.05, 0) is 32.9 Å². The summed E-state index contributed by atoms with van der Waals surface area (Å²) in [4.78, 5) is 20.5. The fourth-order valence-corrected chi connectivity index (χ4v) is 1.84. The van der Waals surface area contributed by atoms with Gasteiger partial charge in [-0.25, -0.2) is 9.97 Å². The number of rotatable bonds is 4. The third-order valence-corrected chi connectivity index (χ3v) is 2.80. The first-order chi connectivity index (χ1) is 10.0. The molecule has 106 valence electrons. The normalized spacial score (nSPS) is 11.0. The lowest BCUT2D eigenvalue weighted by atomic mass is 10.1. The molecule has 0 amide bonds. The molecule has 6 nitrogen and oxygen atoms in total. The molecular formula is C15H14N4O2. The van der Waals surface area contributed by atoms with E-state index in [0.29, 0.717) is 17.3 Å². The smallest absolute Gasteiger partial charge is 0.227 e. The maximum Gasteiger partial charge on any atom is 0.227 e. The molecule has 0 unspecified atom stereocenters. The Morgan fingerprint density at radius 3 is 2.52 bits per heavy atom. The van der Waals surface area contributed by atoms with Crippen LogP contribution in [0.3, 0.4) is 0 Å². The van der Waals surface area contributed by atoms with E-state index < -0.39 is 5.78 Å². The highest BCUT2D eigenvalue weighted by molar-refractivity contribution is 6.11. The summed E-state index contributed by atoms with van der Waals surface area (Å²) in [7, 11) is 0. The summed E-state index contributed by atoms with van der Waals surface area (Å²) in [5.41, 5.74) is 1.93. The molecule has 0 spiro atoms. The van der Waals surface area contributed by atoms with Gasteiger partial charge in [0.15, 0.2) is 0 Å². The molecule has 0 aliphatic heterocycles. The molecule has 0 saturated carbocycles. The van der Waals surface area contributed by atoms with Gasteiger partial charge in [0.25, 0.3) is 0 Å². The number of allylic oxidation sites excluding steroid dienone is 1. The highest BCUT2D eigenvalue weighted by atomic mass is 16.3. The summed E-state index contributed by atoms with van der Waals surface area (Å²) >= 11 is 0. The van der Waals surface area contributed by atoms with E-state index >= 15 is 0 Å². The Labute approximate surface area is 122 Å². The second-order valence-corrected chi connectivity index (χ2v) is 4.51. The molecule has 2 aromatic heterocycles. The lowest BCUT2D eigenvalue weighted by Crippen LogP contribution is -2.06. The van der Waals surface area contributed by atoms with Crippen molar-refractivity contribution in [3.8, 4) is 6.07 Å². The Balaban J connectivity index is 2.24. The Morgan fingerprint density at radius 2 is 2.00 bits per heavy atom. The van der Waals surface area contributed by atoms with Crippen molar-refractivity contribution in [2.24, 2.45) is 0 Å². The third-order valence-electron chi connectivity index (χ3n) is 2.80. The van der Waals surface area contributed by atoms with Crippen LogP contribution < -0.4 is 5.32 Å². The number of Topliss-reactive ketones (excluding diaryl/α,β-unsaturated/α-hetero) is 1. The molecule has 0 aliphatic rings. The molecule has 2 aromatic rings. The number of aromatic nitrogens is 2. The summed E-state index contributed by atoms with van der Waals surface area (Å²) in [5, 5.41) is 11.9. The van der Waals surface area contributed by atoms with Crippen molar-refractivity contribution in [2.75, 3.05) is 5.32 Å². The number of anilines is 1. The number of ketones is 1. The second-order valence-electron chi connectivity index (χ2n) is 4.51. The number of nitriles is 1. The van der Waals surface area contributed by atoms with E-state index in [2.05, 4.69) is 15.3 Å². The van der Waals surface area contributed by atoms with Crippen molar-refractivity contribution in [1.29, 1.82) is 5.26 Å². The van der Waals surface area contributed by atoms with Crippen molar-refractivity contribution in [2.45, 2.75) is 20.8 Å². The minimum absolute atomic E-state index is 0.0396. The Morgan fingerprint density at radius 1 is 1.33 bits per heavy atom. The monoisotopic (exact) mass is 282 g/mol. The number of carbonyl (C=O) groups excluding carboxylic acids is 1. The lowest BCUT2D eigenvalue weighted by molar-refractivity contribution is 0.103. The summed E-state index contributed by atoms with van der Waals surface area (Å²) in [6, 6.07) is 5.24. The van der Waals surface area contributed by atoms with E-state index in [1.165, 1.54) is 18.5 Å². The van der Waals surface area contributed by atoms with E-state index in [1.807, 2.05) is 26.0 Å². The second kappa shape index (κ2) is 6.01. The highest BCUT2D eigenvalue weighted by Crippen LogP contribution is 2.14. The summed E-state index contributed by atoms with van der Waals surface area (Å²) in [5.74, 6) is 0.418. The van der Waals surface area contributed by atoms with Crippen molar-refractivity contribution in [1.82, 2.24) is 9.97 Å². The third kappa shape index (κ3) is 3.34. The van der Waals surface area contributed by atoms with E-state index in [0.717, 1.165) is 11.4 Å². The van der Waals surface area contributed by atoms with Gasteiger partial charge in [0.2, 0.25) is 11.7 Å². The van der Waals surface area contributed by atoms with Crippen molar-refractivity contribution in [3.63, 3.8) is 0 Å². The average Bonchev–Trinajstić information content (AvgIpc) is 2.84. The van der Waals surface area contributed by atoms with Crippen LogP contribution in [0.5, 0.6) is 0 Å². The Kier molecular flexibility index (Phi) is 4.14. The molecule has 0 aromatic carbocycles. The molecule has 0 saturated heterocycles. The number of hydrogen-bond donors (Lipinski definition) is 1. The summed E-state index contributed by atoms with van der Waals surface area (Å²) < 4.78 is 5.07. The van der Waals surface area contributed by atoms with Crippen LogP contribution in [-0.4, -0.2) is 15.8 Å². The predicted molar refractivity (Wildman–Crippen MR) is 76.6 cm³/mol. The van der Waals surface area contributed by atoms with Crippen LogP contribution in [0.1, 0.15) is 27.5 Å². The standard InChI is InChI=1S/C15H14N4O2/c1-9-6-10(2)19-15(18-9)17-8-12(7-16)14(20)13-4-5-21-11(13)3/h4-6,8H,1-3H3,(H,17,18,19)/b12-8-. The van der Waals surface area contributed by atoms with Crippen LogP contribution in [0.25, 0.3) is 0 Å². The summed E-state index contributed by atoms with van der Waals surface area (Å²) in [6.45, 7) is 5.35. The quantitative estimate of drug-likeness (QED) is 0.526. The zero-order valence-electron chi connectivity index (χ0n) is 12.0. The molecule has 2 heterocycles. The fraction of sp³-hybridized carbons (Fsp3) is 0.200. The zero-order chi connectivity index (χ0) is 15.4. The fourth-order valence-electron chi connectivity index (χ4n) is 1.84. The Hall–Kier alpha value is -2.94. The maximum absolute atomic E-state index is 12.2. The van der Waals surface area contributed by atoms with Gasteiger partial charge >= 0.3 is 0 Å². The van der Waals surface area contributed by atoms with Gasteiger partial charge in [-0.3, -0.25) is 4.79 Å². The molecule has 0 aliphatic carbocycles. The largest absolute Gasteiger partial charge is 0.469 e. The molecule has 2 rings (SSSR count). The van der Waals surface area contributed by atoms with Crippen LogP contribution in [0.2, 0.25) is 0 Å². The van der Waals surface area contributed by atoms with E-state index in [-0.39, 0.29) is 5.57 Å². The first-order valence-corrected chi connectivity index (χ1v) is 6.29. The average molecular weight is 282 g/mol. The number of hydrogen-bond acceptors (Lipinski definition) is 6. The van der Waals surface area contributed by atoms with Gasteiger partial charge < -0.3 is 9.73 Å². The minimum Gasteiger partial charge on any atom is -0.469 e. The maximum atomic E-state index is 12.2. The van der Waals surface area contributed by atoms with Crippen LogP contribution in [-0.2, 0) is 0 Å². The van der Waals surface area contributed by atoms with Crippen molar-refractivity contribution in [3.05, 3.63) is 52.9 Å². The molecule has 6 heteroatoms. The van der Waals surface area contributed by atoms with Gasteiger partial charge in [0.1, 0.15) is 17.4 Å². The molecular weight excluding hydrogens is 268 g/mol.